The number of halogens is 1. The average molecular weight is 417 g/mol. The minimum Gasteiger partial charge on any atom is -0.363 e. The lowest BCUT2D eigenvalue weighted by Crippen LogP contribution is -2.33. The first-order chi connectivity index (χ1) is 14.6. The molecule has 2 nitrogen and oxygen atoms in total. The fourth-order valence-corrected chi connectivity index (χ4v) is 4.91. The highest BCUT2D eigenvalue weighted by atomic mass is 32.2. The quantitative estimate of drug-likeness (QED) is 0.436. The highest BCUT2D eigenvalue weighted by Crippen LogP contribution is 2.29. The summed E-state index contributed by atoms with van der Waals surface area (Å²) >= 11 is 0. The fraction of sp³-hybridized carbons (Fsp3) is 0.154. The highest BCUT2D eigenvalue weighted by molar-refractivity contribution is 8.16. The standard InChI is InChI=1S/C26H25FN2S/c1-20(17-21-3-5-23(6-4-21)24-7-9-25(27)10-8-24)29(26-13-16-30(2)19-26)18-22-11-14-28-15-12-22/h3-16,26H,1-2,17-19H2. The van der Waals surface area contributed by atoms with E-state index in [1.807, 2.05) is 24.5 Å². The molecule has 30 heavy (non-hydrogen) atoms. The molecule has 4 heteroatoms. The summed E-state index contributed by atoms with van der Waals surface area (Å²) in [6.07, 6.45) is 6.71. The first-order valence-electron chi connectivity index (χ1n) is 9.94. The molecule has 0 spiro atoms. The van der Waals surface area contributed by atoms with Gasteiger partial charge >= 0.3 is 0 Å². The SMILES string of the molecule is C=C(Cc1ccc(-c2ccc(F)cc2)cc1)N(Cc1ccncc1)C1C=CS(=C)C1. The van der Waals surface area contributed by atoms with Crippen molar-refractivity contribution in [1.29, 1.82) is 0 Å². The van der Waals surface area contributed by atoms with Crippen molar-refractivity contribution >= 4 is 16.4 Å². The van der Waals surface area contributed by atoms with E-state index in [9.17, 15) is 4.39 Å². The third-order valence-corrected chi connectivity index (χ3v) is 6.64. The molecule has 0 bridgehead atoms. The van der Waals surface area contributed by atoms with Crippen LogP contribution in [0.2, 0.25) is 0 Å². The molecule has 0 N–H and O–H groups in total. The number of pyridine rings is 1. The Bertz CT molecular complexity index is 1060. The molecule has 0 saturated heterocycles. The van der Waals surface area contributed by atoms with Crippen LogP contribution in [0.1, 0.15) is 11.1 Å². The van der Waals surface area contributed by atoms with E-state index in [4.69, 9.17) is 0 Å². The van der Waals surface area contributed by atoms with E-state index >= 15 is 0 Å². The second kappa shape index (κ2) is 9.23. The van der Waals surface area contributed by atoms with E-state index in [2.05, 4.69) is 70.2 Å². The van der Waals surface area contributed by atoms with Crippen LogP contribution in [-0.4, -0.2) is 27.5 Å². The van der Waals surface area contributed by atoms with Gasteiger partial charge in [0.25, 0.3) is 0 Å². The summed E-state index contributed by atoms with van der Waals surface area (Å²) in [5.74, 6) is 5.04. The van der Waals surface area contributed by atoms with Crippen LogP contribution in [-0.2, 0) is 13.0 Å². The molecular formula is C26H25FN2S. The number of hydrogen-bond donors (Lipinski definition) is 0. The summed E-state index contributed by atoms with van der Waals surface area (Å²) < 4.78 is 13.2. The van der Waals surface area contributed by atoms with Crippen molar-refractivity contribution in [2.24, 2.45) is 0 Å². The Kier molecular flexibility index (Phi) is 6.24. The van der Waals surface area contributed by atoms with Crippen LogP contribution in [0.4, 0.5) is 4.39 Å². The maximum atomic E-state index is 13.2. The maximum absolute atomic E-state index is 13.2. The molecule has 2 aromatic carbocycles. The normalized spacial score (nSPS) is 17.8. The zero-order chi connectivity index (χ0) is 20.9. The van der Waals surface area contributed by atoms with Crippen molar-refractivity contribution < 1.29 is 4.39 Å². The van der Waals surface area contributed by atoms with Crippen LogP contribution in [0.3, 0.4) is 0 Å². The van der Waals surface area contributed by atoms with Gasteiger partial charge in [0.15, 0.2) is 0 Å². The molecular weight excluding hydrogens is 391 g/mol. The maximum Gasteiger partial charge on any atom is 0.123 e. The summed E-state index contributed by atoms with van der Waals surface area (Å²) in [5, 5.41) is 2.22. The molecule has 152 valence electrons. The molecule has 0 fully saturated rings. The van der Waals surface area contributed by atoms with Gasteiger partial charge in [0.2, 0.25) is 0 Å². The molecule has 4 rings (SSSR count). The lowest BCUT2D eigenvalue weighted by molar-refractivity contribution is 0.299. The van der Waals surface area contributed by atoms with Crippen molar-refractivity contribution in [1.82, 2.24) is 9.88 Å². The summed E-state index contributed by atoms with van der Waals surface area (Å²) in [6, 6.07) is 19.5. The monoisotopic (exact) mass is 416 g/mol. The summed E-state index contributed by atoms with van der Waals surface area (Å²) in [7, 11) is 0.0771. The zero-order valence-corrected chi connectivity index (χ0v) is 17.7. The van der Waals surface area contributed by atoms with Crippen molar-refractivity contribution in [3.05, 3.63) is 114 Å². The number of nitrogens with zero attached hydrogens (tertiary/aromatic N) is 2. The number of aromatic nitrogens is 1. The minimum absolute atomic E-state index is 0.0771. The summed E-state index contributed by atoms with van der Waals surface area (Å²) in [5.41, 5.74) is 5.62. The number of benzene rings is 2. The highest BCUT2D eigenvalue weighted by Gasteiger charge is 2.21. The van der Waals surface area contributed by atoms with E-state index in [1.165, 1.54) is 23.3 Å². The van der Waals surface area contributed by atoms with Crippen LogP contribution in [0.15, 0.2) is 96.8 Å². The molecule has 1 aliphatic rings. The largest absolute Gasteiger partial charge is 0.363 e. The number of rotatable bonds is 7. The van der Waals surface area contributed by atoms with Crippen molar-refractivity contribution in [2.75, 3.05) is 5.75 Å². The zero-order valence-electron chi connectivity index (χ0n) is 16.9. The van der Waals surface area contributed by atoms with Gasteiger partial charge in [-0.25, -0.2) is 4.39 Å². The Labute approximate surface area is 180 Å². The Balaban J connectivity index is 1.49. The Morgan fingerprint density at radius 3 is 2.20 bits per heavy atom. The first kappa shape index (κ1) is 20.3. The van der Waals surface area contributed by atoms with E-state index in [0.717, 1.165) is 35.5 Å². The molecule has 0 aliphatic carbocycles. The topological polar surface area (TPSA) is 16.1 Å². The lowest BCUT2D eigenvalue weighted by atomic mass is 10.0. The van der Waals surface area contributed by atoms with Crippen LogP contribution in [0.5, 0.6) is 0 Å². The number of hydrogen-bond acceptors (Lipinski definition) is 2. The Hall–Kier alpha value is -2.98. The van der Waals surface area contributed by atoms with Gasteiger partial charge in [-0.05, 0) is 51.9 Å². The third-order valence-electron chi connectivity index (χ3n) is 5.33. The van der Waals surface area contributed by atoms with Crippen LogP contribution in [0.25, 0.3) is 11.1 Å². The van der Waals surface area contributed by atoms with Gasteiger partial charge < -0.3 is 4.90 Å². The van der Waals surface area contributed by atoms with Crippen LogP contribution < -0.4 is 0 Å². The number of allylic oxidation sites excluding steroid dienone is 1. The molecule has 2 unspecified atom stereocenters. The summed E-state index contributed by atoms with van der Waals surface area (Å²) in [4.78, 5) is 6.52. The Morgan fingerprint density at radius 2 is 1.60 bits per heavy atom. The van der Waals surface area contributed by atoms with Gasteiger partial charge in [0.05, 0.1) is 6.04 Å². The van der Waals surface area contributed by atoms with Gasteiger partial charge in [0.1, 0.15) is 5.82 Å². The predicted molar refractivity (Wildman–Crippen MR) is 127 cm³/mol. The van der Waals surface area contributed by atoms with Gasteiger partial charge in [-0.3, -0.25) is 4.98 Å². The minimum atomic E-state index is -0.216. The van der Waals surface area contributed by atoms with E-state index in [-0.39, 0.29) is 16.3 Å². The van der Waals surface area contributed by atoms with Gasteiger partial charge in [0, 0.05) is 36.8 Å². The van der Waals surface area contributed by atoms with Crippen molar-refractivity contribution in [2.45, 2.75) is 19.0 Å². The molecule has 0 amide bonds. The molecule has 0 saturated carbocycles. The van der Waals surface area contributed by atoms with Crippen LogP contribution in [0, 0.1) is 5.82 Å². The smallest absolute Gasteiger partial charge is 0.123 e. The van der Waals surface area contributed by atoms with E-state index in [1.54, 1.807) is 0 Å². The van der Waals surface area contributed by atoms with E-state index < -0.39 is 0 Å². The van der Waals surface area contributed by atoms with Gasteiger partial charge in [-0.2, -0.15) is 10.5 Å². The van der Waals surface area contributed by atoms with E-state index in [0.29, 0.717) is 6.04 Å². The van der Waals surface area contributed by atoms with Gasteiger partial charge in [-0.15, -0.1) is 0 Å². The molecule has 0 radical (unpaired) electrons. The molecule has 2 heterocycles. The van der Waals surface area contributed by atoms with Gasteiger partial charge in [-0.1, -0.05) is 54.9 Å². The first-order valence-corrected chi connectivity index (χ1v) is 11.6. The second-order valence-corrected chi connectivity index (χ2v) is 9.21. The van der Waals surface area contributed by atoms with Crippen molar-refractivity contribution in [3.8, 4) is 11.1 Å². The molecule has 2 atom stereocenters. The summed E-state index contributed by atoms with van der Waals surface area (Å²) in [6.45, 7) is 5.23. The molecule has 1 aliphatic heterocycles. The van der Waals surface area contributed by atoms with Crippen molar-refractivity contribution in [3.63, 3.8) is 0 Å². The third kappa shape index (κ3) is 4.95. The van der Waals surface area contributed by atoms with Crippen LogP contribution >= 0.6 is 10.5 Å². The Morgan fingerprint density at radius 1 is 0.967 bits per heavy atom. The molecule has 3 aromatic rings. The fourth-order valence-electron chi connectivity index (χ4n) is 3.67. The second-order valence-electron chi connectivity index (χ2n) is 7.53. The molecule has 1 aromatic heterocycles. The average Bonchev–Trinajstić information content (AvgIpc) is 3.20. The lowest BCUT2D eigenvalue weighted by Gasteiger charge is -2.32. The predicted octanol–water partition coefficient (Wildman–Crippen LogP) is 6.04.